The van der Waals surface area contributed by atoms with Gasteiger partial charge >= 0.3 is 0 Å². The maximum absolute atomic E-state index is 12.8. The normalized spacial score (nSPS) is 10.6. The molecule has 0 aliphatic rings. The fraction of sp³-hybridized carbons (Fsp3) is 0.0667. The lowest BCUT2D eigenvalue weighted by molar-refractivity contribution is 0.373. The Kier molecular flexibility index (Phi) is 5.89. The molecule has 0 aliphatic carbocycles. The van der Waals surface area contributed by atoms with E-state index in [1.165, 1.54) is 31.5 Å². The van der Waals surface area contributed by atoms with Gasteiger partial charge in [0.15, 0.2) is 16.6 Å². The minimum atomic E-state index is -0.323. The van der Waals surface area contributed by atoms with Crippen molar-refractivity contribution in [3.8, 4) is 11.5 Å². The fourth-order valence-electron chi connectivity index (χ4n) is 1.67. The Bertz CT molecular complexity index is 738. The molecular weight excluding hydrogens is 385 g/mol. The molecule has 0 unspecified atom stereocenters. The largest absolute Gasteiger partial charge is 0.504 e. The zero-order valence-electron chi connectivity index (χ0n) is 12.0. The molecular formula is C15H13BrFN3O2S. The van der Waals surface area contributed by atoms with Gasteiger partial charge in [-0.15, -0.1) is 0 Å². The van der Waals surface area contributed by atoms with Crippen molar-refractivity contribution in [2.75, 3.05) is 12.4 Å². The van der Waals surface area contributed by atoms with Crippen LogP contribution in [0.25, 0.3) is 0 Å². The van der Waals surface area contributed by atoms with Gasteiger partial charge in [0, 0.05) is 15.7 Å². The molecule has 0 aliphatic heterocycles. The molecule has 0 fully saturated rings. The maximum atomic E-state index is 12.8. The maximum Gasteiger partial charge on any atom is 0.191 e. The highest BCUT2D eigenvalue weighted by molar-refractivity contribution is 9.10. The molecule has 0 amide bonds. The molecule has 120 valence electrons. The number of hydrogen-bond acceptors (Lipinski definition) is 4. The summed E-state index contributed by atoms with van der Waals surface area (Å²) in [5, 5.41) is 16.8. The van der Waals surface area contributed by atoms with E-state index in [9.17, 15) is 9.50 Å². The summed E-state index contributed by atoms with van der Waals surface area (Å²) >= 11 is 8.43. The molecule has 0 radical (unpaired) electrons. The summed E-state index contributed by atoms with van der Waals surface area (Å²) in [5.41, 5.74) is 3.91. The van der Waals surface area contributed by atoms with E-state index in [4.69, 9.17) is 17.0 Å². The standard InChI is InChI=1S/C15H13BrFN3O2S/c1-22-14-7-12(16)9(6-13(14)21)8-18-20-15(23)19-11-4-2-10(17)3-5-11/h2-8,21H,1H3,(H2,19,20,23)/b18-8-. The lowest BCUT2D eigenvalue weighted by Gasteiger charge is -2.08. The first-order chi connectivity index (χ1) is 11.0. The predicted molar refractivity (Wildman–Crippen MR) is 95.7 cm³/mol. The highest BCUT2D eigenvalue weighted by atomic mass is 79.9. The van der Waals surface area contributed by atoms with Crippen LogP contribution >= 0.6 is 28.1 Å². The van der Waals surface area contributed by atoms with Gasteiger partial charge < -0.3 is 15.2 Å². The number of hydrogen-bond donors (Lipinski definition) is 3. The molecule has 23 heavy (non-hydrogen) atoms. The molecule has 5 nitrogen and oxygen atoms in total. The van der Waals surface area contributed by atoms with E-state index < -0.39 is 0 Å². The number of ether oxygens (including phenoxy) is 1. The summed E-state index contributed by atoms with van der Waals surface area (Å²) in [5.74, 6) is 0.0382. The van der Waals surface area contributed by atoms with Gasteiger partial charge in [-0.1, -0.05) is 0 Å². The number of hydrazone groups is 1. The van der Waals surface area contributed by atoms with Crippen molar-refractivity contribution >= 4 is 45.2 Å². The lowest BCUT2D eigenvalue weighted by Crippen LogP contribution is -2.23. The lowest BCUT2D eigenvalue weighted by atomic mass is 10.2. The summed E-state index contributed by atoms with van der Waals surface area (Å²) in [6.45, 7) is 0. The van der Waals surface area contributed by atoms with Gasteiger partial charge in [-0.3, -0.25) is 5.43 Å². The monoisotopic (exact) mass is 397 g/mol. The van der Waals surface area contributed by atoms with Crippen molar-refractivity contribution in [1.82, 2.24) is 5.43 Å². The Morgan fingerprint density at radius 2 is 2.04 bits per heavy atom. The van der Waals surface area contributed by atoms with E-state index >= 15 is 0 Å². The van der Waals surface area contributed by atoms with Crippen molar-refractivity contribution in [1.29, 1.82) is 0 Å². The molecule has 0 aromatic heterocycles. The smallest absolute Gasteiger partial charge is 0.191 e. The molecule has 2 aromatic rings. The Hall–Kier alpha value is -2.19. The number of aromatic hydroxyl groups is 1. The third kappa shape index (κ3) is 4.90. The molecule has 0 saturated heterocycles. The minimum absolute atomic E-state index is 0.00386. The zero-order chi connectivity index (χ0) is 16.8. The minimum Gasteiger partial charge on any atom is -0.504 e. The number of nitrogens with zero attached hydrogens (tertiary/aromatic N) is 1. The van der Waals surface area contributed by atoms with E-state index in [-0.39, 0.29) is 16.7 Å². The number of halogens is 2. The van der Waals surface area contributed by atoms with Crippen molar-refractivity contribution in [2.24, 2.45) is 5.10 Å². The first-order valence-corrected chi connectivity index (χ1v) is 7.62. The number of methoxy groups -OCH3 is 1. The Labute approximate surface area is 146 Å². The quantitative estimate of drug-likeness (QED) is 0.417. The van der Waals surface area contributed by atoms with Gasteiger partial charge in [0.05, 0.1) is 13.3 Å². The van der Waals surface area contributed by atoms with Crippen LogP contribution in [0.5, 0.6) is 11.5 Å². The number of anilines is 1. The summed E-state index contributed by atoms with van der Waals surface area (Å²) in [4.78, 5) is 0. The first kappa shape index (κ1) is 17.2. The number of phenolic OH excluding ortho intramolecular Hbond substituents is 1. The van der Waals surface area contributed by atoms with E-state index in [1.807, 2.05) is 0 Å². The highest BCUT2D eigenvalue weighted by Gasteiger charge is 2.06. The van der Waals surface area contributed by atoms with E-state index in [2.05, 4.69) is 31.8 Å². The molecule has 2 aromatic carbocycles. The highest BCUT2D eigenvalue weighted by Crippen LogP contribution is 2.31. The van der Waals surface area contributed by atoms with Crippen molar-refractivity contribution in [3.63, 3.8) is 0 Å². The van der Waals surface area contributed by atoms with Gasteiger partial charge in [0.25, 0.3) is 0 Å². The van der Waals surface area contributed by atoms with Crippen LogP contribution in [-0.4, -0.2) is 23.5 Å². The van der Waals surface area contributed by atoms with Gasteiger partial charge in [-0.2, -0.15) is 5.10 Å². The fourth-order valence-corrected chi connectivity index (χ4v) is 2.27. The second-order valence-electron chi connectivity index (χ2n) is 4.38. The molecule has 8 heteroatoms. The number of phenols is 1. The number of rotatable bonds is 4. The molecule has 0 heterocycles. The molecule has 2 rings (SSSR count). The second-order valence-corrected chi connectivity index (χ2v) is 5.64. The molecule has 0 bridgehead atoms. The van der Waals surface area contributed by atoms with Crippen molar-refractivity contribution in [3.05, 3.63) is 52.3 Å². The zero-order valence-corrected chi connectivity index (χ0v) is 14.4. The predicted octanol–water partition coefficient (Wildman–Crippen LogP) is 3.62. The van der Waals surface area contributed by atoms with Crippen molar-refractivity contribution in [2.45, 2.75) is 0 Å². The van der Waals surface area contributed by atoms with Crippen LogP contribution in [0.1, 0.15) is 5.56 Å². The third-order valence-electron chi connectivity index (χ3n) is 2.77. The number of thiocarbonyl (C=S) groups is 1. The Morgan fingerprint density at radius 1 is 1.35 bits per heavy atom. The summed E-state index contributed by atoms with van der Waals surface area (Å²) in [6, 6.07) is 8.91. The van der Waals surface area contributed by atoms with Gasteiger partial charge in [0.2, 0.25) is 0 Å². The molecule has 0 atom stereocenters. The van der Waals surface area contributed by atoms with E-state index in [0.717, 1.165) is 0 Å². The van der Waals surface area contributed by atoms with Crippen LogP contribution in [0.4, 0.5) is 10.1 Å². The SMILES string of the molecule is COc1cc(Br)c(/C=N\NC(=S)Nc2ccc(F)cc2)cc1O. The van der Waals surface area contributed by atoms with Crippen LogP contribution in [0.3, 0.4) is 0 Å². The summed E-state index contributed by atoms with van der Waals surface area (Å²) < 4.78 is 18.5. The average Bonchev–Trinajstić information content (AvgIpc) is 2.52. The topological polar surface area (TPSA) is 65.9 Å². The van der Waals surface area contributed by atoms with Crippen LogP contribution < -0.4 is 15.5 Å². The second kappa shape index (κ2) is 7.89. The Balaban J connectivity index is 1.97. The van der Waals surface area contributed by atoms with Crippen LogP contribution in [0.2, 0.25) is 0 Å². The molecule has 0 spiro atoms. The van der Waals surface area contributed by atoms with Crippen LogP contribution in [-0.2, 0) is 0 Å². The number of nitrogens with one attached hydrogen (secondary N) is 2. The summed E-state index contributed by atoms with van der Waals surface area (Å²) in [7, 11) is 1.47. The molecule has 0 saturated carbocycles. The van der Waals surface area contributed by atoms with Gasteiger partial charge in [-0.05, 0) is 64.5 Å². The number of benzene rings is 2. The van der Waals surface area contributed by atoms with Crippen molar-refractivity contribution < 1.29 is 14.2 Å². The van der Waals surface area contributed by atoms with E-state index in [1.54, 1.807) is 18.2 Å². The third-order valence-corrected chi connectivity index (χ3v) is 3.65. The average molecular weight is 398 g/mol. The van der Waals surface area contributed by atoms with Gasteiger partial charge in [-0.25, -0.2) is 4.39 Å². The van der Waals surface area contributed by atoms with Crippen LogP contribution in [0, 0.1) is 5.82 Å². The van der Waals surface area contributed by atoms with E-state index in [0.29, 0.717) is 21.5 Å². The van der Waals surface area contributed by atoms with Crippen LogP contribution in [0.15, 0.2) is 46.0 Å². The Morgan fingerprint density at radius 3 is 2.70 bits per heavy atom. The first-order valence-electron chi connectivity index (χ1n) is 6.41. The molecule has 3 N–H and O–H groups in total. The van der Waals surface area contributed by atoms with Gasteiger partial charge in [0.1, 0.15) is 5.82 Å². The summed E-state index contributed by atoms with van der Waals surface area (Å²) in [6.07, 6.45) is 1.49.